The minimum absolute atomic E-state index is 0.192. The Labute approximate surface area is 194 Å². The van der Waals surface area contributed by atoms with Crippen LogP contribution in [-0.4, -0.2) is 43.2 Å². The lowest BCUT2D eigenvalue weighted by molar-refractivity contribution is 0.0697. The summed E-state index contributed by atoms with van der Waals surface area (Å²) in [5.41, 5.74) is 6.49. The topological polar surface area (TPSA) is 72.9 Å². The van der Waals surface area contributed by atoms with Crippen LogP contribution in [-0.2, 0) is 0 Å². The molecule has 0 bridgehead atoms. The van der Waals surface area contributed by atoms with E-state index in [2.05, 4.69) is 47.2 Å². The zero-order valence-corrected chi connectivity index (χ0v) is 19.3. The first kappa shape index (κ1) is 22.4. The van der Waals surface area contributed by atoms with Crippen LogP contribution < -0.4 is 15.1 Å². The van der Waals surface area contributed by atoms with E-state index >= 15 is 0 Å². The van der Waals surface area contributed by atoms with Crippen LogP contribution in [0.4, 0.5) is 17.1 Å². The molecule has 0 radical (unpaired) electrons. The molecule has 0 aromatic heterocycles. The Hall–Kier alpha value is -3.80. The third kappa shape index (κ3) is 4.85. The Bertz CT molecular complexity index is 1200. The van der Waals surface area contributed by atoms with Crippen LogP contribution in [0.3, 0.4) is 0 Å². The standard InChI is InChI=1S/C27H29N3O3/c1-18-8-9-20(3)25(16-18)30-14-12-29(13-15-30)24-11-10-21(17-23(24)27(32)33)28-26(31)22-7-5-4-6-19(22)2/h4-11,16-17H,12-15H2,1-3H3,(H,28,31)(H,32,33). The number of aryl methyl sites for hydroxylation is 3. The van der Waals surface area contributed by atoms with Gasteiger partial charge in [-0.25, -0.2) is 4.79 Å². The number of benzene rings is 3. The maximum absolute atomic E-state index is 12.7. The van der Waals surface area contributed by atoms with Crippen molar-refractivity contribution in [2.75, 3.05) is 41.3 Å². The average Bonchev–Trinajstić information content (AvgIpc) is 2.81. The van der Waals surface area contributed by atoms with E-state index in [9.17, 15) is 14.7 Å². The predicted molar refractivity (Wildman–Crippen MR) is 133 cm³/mol. The summed E-state index contributed by atoms with van der Waals surface area (Å²) in [5.74, 6) is -1.26. The Balaban J connectivity index is 1.51. The summed E-state index contributed by atoms with van der Waals surface area (Å²) in [6.07, 6.45) is 0. The van der Waals surface area contributed by atoms with Gasteiger partial charge in [-0.15, -0.1) is 0 Å². The molecule has 0 atom stereocenters. The van der Waals surface area contributed by atoms with E-state index in [-0.39, 0.29) is 11.5 Å². The number of anilines is 3. The molecule has 0 saturated carbocycles. The third-order valence-corrected chi connectivity index (χ3v) is 6.20. The first-order valence-corrected chi connectivity index (χ1v) is 11.1. The van der Waals surface area contributed by atoms with E-state index in [0.717, 1.165) is 31.7 Å². The van der Waals surface area contributed by atoms with Gasteiger partial charge in [-0.1, -0.05) is 30.3 Å². The van der Waals surface area contributed by atoms with Crippen molar-refractivity contribution in [1.82, 2.24) is 0 Å². The Morgan fingerprint density at radius 2 is 1.42 bits per heavy atom. The molecule has 6 heteroatoms. The number of amides is 1. The van der Waals surface area contributed by atoms with Crippen molar-refractivity contribution in [1.29, 1.82) is 0 Å². The fourth-order valence-corrected chi connectivity index (χ4v) is 4.34. The summed E-state index contributed by atoms with van der Waals surface area (Å²) in [4.78, 5) is 29.2. The van der Waals surface area contributed by atoms with Crippen molar-refractivity contribution in [3.05, 3.63) is 88.5 Å². The number of aromatic carboxylic acids is 1. The molecule has 3 aromatic rings. The Morgan fingerprint density at radius 1 is 0.758 bits per heavy atom. The minimum Gasteiger partial charge on any atom is -0.478 e. The summed E-state index contributed by atoms with van der Waals surface area (Å²) >= 11 is 0. The van der Waals surface area contributed by atoms with Crippen molar-refractivity contribution in [3.63, 3.8) is 0 Å². The van der Waals surface area contributed by atoms with E-state index in [1.807, 2.05) is 25.1 Å². The van der Waals surface area contributed by atoms with Gasteiger partial charge < -0.3 is 20.2 Å². The van der Waals surface area contributed by atoms with Gasteiger partial charge in [0.05, 0.1) is 11.3 Å². The van der Waals surface area contributed by atoms with Crippen molar-refractivity contribution in [2.45, 2.75) is 20.8 Å². The number of carbonyl (C=O) groups excluding carboxylic acids is 1. The lowest BCUT2D eigenvalue weighted by Gasteiger charge is -2.38. The van der Waals surface area contributed by atoms with Gasteiger partial charge in [0, 0.05) is 43.1 Å². The van der Waals surface area contributed by atoms with Gasteiger partial charge in [-0.2, -0.15) is 0 Å². The summed E-state index contributed by atoms with van der Waals surface area (Å²) in [7, 11) is 0. The highest BCUT2D eigenvalue weighted by Crippen LogP contribution is 2.28. The number of carboxylic acids is 1. The van der Waals surface area contributed by atoms with Crippen LogP contribution in [0.5, 0.6) is 0 Å². The van der Waals surface area contributed by atoms with Crippen molar-refractivity contribution >= 4 is 28.9 Å². The molecule has 4 rings (SSSR count). The van der Waals surface area contributed by atoms with Crippen LogP contribution >= 0.6 is 0 Å². The average molecular weight is 444 g/mol. The molecule has 1 heterocycles. The van der Waals surface area contributed by atoms with E-state index in [1.54, 1.807) is 24.3 Å². The zero-order chi connectivity index (χ0) is 23.5. The van der Waals surface area contributed by atoms with Crippen LogP contribution in [0.2, 0.25) is 0 Å². The van der Waals surface area contributed by atoms with E-state index < -0.39 is 5.97 Å². The molecule has 1 saturated heterocycles. The largest absolute Gasteiger partial charge is 0.478 e. The molecule has 33 heavy (non-hydrogen) atoms. The van der Waals surface area contributed by atoms with Crippen molar-refractivity contribution in [2.24, 2.45) is 0 Å². The normalized spacial score (nSPS) is 13.7. The van der Waals surface area contributed by atoms with E-state index in [0.29, 0.717) is 16.9 Å². The predicted octanol–water partition coefficient (Wildman–Crippen LogP) is 4.89. The fourth-order valence-electron chi connectivity index (χ4n) is 4.34. The van der Waals surface area contributed by atoms with Crippen molar-refractivity contribution in [3.8, 4) is 0 Å². The molecule has 2 N–H and O–H groups in total. The lowest BCUT2D eigenvalue weighted by atomic mass is 10.1. The molecule has 0 spiro atoms. The van der Waals surface area contributed by atoms with Gasteiger partial charge in [-0.3, -0.25) is 4.79 Å². The van der Waals surface area contributed by atoms with E-state index in [4.69, 9.17) is 0 Å². The number of nitrogens with zero attached hydrogens (tertiary/aromatic N) is 2. The number of nitrogens with one attached hydrogen (secondary N) is 1. The van der Waals surface area contributed by atoms with E-state index in [1.165, 1.54) is 16.8 Å². The molecule has 0 unspecified atom stereocenters. The zero-order valence-electron chi connectivity index (χ0n) is 19.3. The SMILES string of the molecule is Cc1ccc(C)c(N2CCN(c3ccc(NC(=O)c4ccccc4C)cc3C(=O)O)CC2)c1. The molecule has 3 aromatic carbocycles. The highest BCUT2D eigenvalue weighted by atomic mass is 16.4. The molecule has 6 nitrogen and oxygen atoms in total. The van der Waals surface area contributed by atoms with Gasteiger partial charge in [0.2, 0.25) is 0 Å². The first-order valence-electron chi connectivity index (χ1n) is 11.1. The lowest BCUT2D eigenvalue weighted by Crippen LogP contribution is -2.47. The molecule has 170 valence electrons. The Morgan fingerprint density at radius 3 is 2.09 bits per heavy atom. The highest BCUT2D eigenvalue weighted by Gasteiger charge is 2.23. The molecular weight excluding hydrogens is 414 g/mol. The van der Waals surface area contributed by atoms with Crippen LogP contribution in [0.1, 0.15) is 37.4 Å². The van der Waals surface area contributed by atoms with Gasteiger partial charge >= 0.3 is 5.97 Å². The smallest absolute Gasteiger partial charge is 0.337 e. The van der Waals surface area contributed by atoms with Crippen LogP contribution in [0.15, 0.2) is 60.7 Å². The maximum Gasteiger partial charge on any atom is 0.337 e. The Kier molecular flexibility index (Phi) is 6.36. The number of carbonyl (C=O) groups is 2. The van der Waals surface area contributed by atoms with Gasteiger partial charge in [0.1, 0.15) is 0 Å². The monoisotopic (exact) mass is 443 g/mol. The maximum atomic E-state index is 12.7. The van der Waals surface area contributed by atoms with Gasteiger partial charge in [0.15, 0.2) is 0 Å². The number of piperazine rings is 1. The second kappa shape index (κ2) is 9.36. The third-order valence-electron chi connectivity index (χ3n) is 6.20. The molecule has 1 aliphatic rings. The summed E-state index contributed by atoms with van der Waals surface area (Å²) in [6, 6.07) is 18.9. The summed E-state index contributed by atoms with van der Waals surface area (Å²) in [6.45, 7) is 9.17. The van der Waals surface area contributed by atoms with Gasteiger partial charge in [0.25, 0.3) is 5.91 Å². The molecule has 1 amide bonds. The fraction of sp³-hybridized carbons (Fsp3) is 0.259. The first-order chi connectivity index (χ1) is 15.8. The summed E-state index contributed by atoms with van der Waals surface area (Å²) in [5, 5.41) is 12.7. The quantitative estimate of drug-likeness (QED) is 0.587. The molecular formula is C27H29N3O3. The highest BCUT2D eigenvalue weighted by molar-refractivity contribution is 6.06. The minimum atomic E-state index is -1.01. The number of hydrogen-bond donors (Lipinski definition) is 2. The number of rotatable bonds is 5. The second-order valence-corrected chi connectivity index (χ2v) is 8.57. The van der Waals surface area contributed by atoms with Crippen LogP contribution in [0.25, 0.3) is 0 Å². The molecule has 0 aliphatic carbocycles. The molecule has 1 aliphatic heterocycles. The number of hydrogen-bond acceptors (Lipinski definition) is 4. The second-order valence-electron chi connectivity index (χ2n) is 8.57. The van der Waals surface area contributed by atoms with Crippen molar-refractivity contribution < 1.29 is 14.7 Å². The van der Waals surface area contributed by atoms with Gasteiger partial charge in [-0.05, 0) is 67.8 Å². The number of carboxylic acid groups (broad SMARTS) is 1. The summed E-state index contributed by atoms with van der Waals surface area (Å²) < 4.78 is 0. The van der Waals surface area contributed by atoms with Crippen LogP contribution in [0, 0.1) is 20.8 Å². The molecule has 1 fully saturated rings.